The van der Waals surface area contributed by atoms with Crippen LogP contribution in [0.3, 0.4) is 0 Å². The van der Waals surface area contributed by atoms with Crippen LogP contribution in [-0.4, -0.2) is 96.5 Å². The monoisotopic (exact) mass is 320 g/mol. The molecule has 0 aromatic heterocycles. The van der Waals surface area contributed by atoms with E-state index in [-0.39, 0.29) is 11.9 Å². The van der Waals surface area contributed by atoms with Gasteiger partial charge in [0.1, 0.15) is 0 Å². The molecule has 2 unspecified atom stereocenters. The first kappa shape index (κ1) is 15.8. The number of nitrogens with zero attached hydrogens (tertiary/aromatic N) is 5. The van der Waals surface area contributed by atoms with Crippen molar-refractivity contribution in [2.45, 2.75) is 19.1 Å². The Morgan fingerprint density at radius 3 is 2.57 bits per heavy atom. The summed E-state index contributed by atoms with van der Waals surface area (Å²) in [5, 5.41) is 2.42. The molecule has 0 radical (unpaired) electrons. The van der Waals surface area contributed by atoms with Gasteiger partial charge in [0.15, 0.2) is 18.2 Å². The zero-order valence-corrected chi connectivity index (χ0v) is 13.9. The van der Waals surface area contributed by atoms with Crippen molar-refractivity contribution in [2.75, 3.05) is 46.8 Å². The SMILES string of the molecule is C/C=C/CN1C(N2CCN(C)CC2)=NC2C1C(=O)NC(=O)N2C. The number of urea groups is 1. The summed E-state index contributed by atoms with van der Waals surface area (Å²) < 4.78 is 0. The molecule has 0 aliphatic carbocycles. The molecule has 2 atom stereocenters. The van der Waals surface area contributed by atoms with Crippen LogP contribution in [0.2, 0.25) is 0 Å². The molecule has 0 saturated carbocycles. The van der Waals surface area contributed by atoms with Crippen LogP contribution in [0, 0.1) is 0 Å². The lowest BCUT2D eigenvalue weighted by molar-refractivity contribution is -0.127. The number of carbonyl (C=O) groups excluding carboxylic acids is 2. The number of carbonyl (C=O) groups is 2. The maximum atomic E-state index is 12.4. The second kappa shape index (κ2) is 6.19. The molecule has 3 aliphatic rings. The number of amides is 3. The minimum atomic E-state index is -0.455. The Hall–Kier alpha value is -2.09. The van der Waals surface area contributed by atoms with E-state index in [0.717, 1.165) is 32.1 Å². The molecule has 0 spiro atoms. The van der Waals surface area contributed by atoms with Gasteiger partial charge in [-0.15, -0.1) is 0 Å². The largest absolute Gasteiger partial charge is 0.340 e. The van der Waals surface area contributed by atoms with Crippen LogP contribution in [0.15, 0.2) is 17.1 Å². The molecule has 23 heavy (non-hydrogen) atoms. The van der Waals surface area contributed by atoms with Crippen LogP contribution >= 0.6 is 0 Å². The molecule has 1 N–H and O–H groups in total. The number of hydrogen-bond donors (Lipinski definition) is 1. The fraction of sp³-hybridized carbons (Fsp3) is 0.667. The summed E-state index contributed by atoms with van der Waals surface area (Å²) in [6, 6.07) is -0.839. The summed E-state index contributed by atoms with van der Waals surface area (Å²) in [5.41, 5.74) is 0. The lowest BCUT2D eigenvalue weighted by Gasteiger charge is -2.39. The van der Waals surface area contributed by atoms with E-state index in [2.05, 4.69) is 22.2 Å². The molecular formula is C15H24N6O2. The average Bonchev–Trinajstić information content (AvgIpc) is 2.91. The quantitative estimate of drug-likeness (QED) is 0.685. The summed E-state index contributed by atoms with van der Waals surface area (Å²) in [6.07, 6.45) is 3.53. The van der Waals surface area contributed by atoms with Gasteiger partial charge in [-0.25, -0.2) is 9.79 Å². The van der Waals surface area contributed by atoms with Gasteiger partial charge >= 0.3 is 6.03 Å². The molecule has 3 heterocycles. The Morgan fingerprint density at radius 2 is 1.91 bits per heavy atom. The minimum Gasteiger partial charge on any atom is -0.340 e. The van der Waals surface area contributed by atoms with Gasteiger partial charge in [0.05, 0.1) is 0 Å². The van der Waals surface area contributed by atoms with Crippen molar-refractivity contribution < 1.29 is 9.59 Å². The van der Waals surface area contributed by atoms with E-state index in [0.29, 0.717) is 6.54 Å². The number of imide groups is 1. The molecule has 0 bridgehead atoms. The third-order valence-electron chi connectivity index (χ3n) is 4.66. The van der Waals surface area contributed by atoms with E-state index in [4.69, 9.17) is 4.99 Å². The Labute approximate surface area is 136 Å². The Kier molecular flexibility index (Phi) is 4.25. The van der Waals surface area contributed by atoms with Crippen LogP contribution in [-0.2, 0) is 4.79 Å². The highest BCUT2D eigenvalue weighted by molar-refractivity contribution is 6.03. The molecule has 2 fully saturated rings. The lowest BCUT2D eigenvalue weighted by Crippen LogP contribution is -2.64. The molecule has 126 valence electrons. The zero-order chi connectivity index (χ0) is 16.6. The Bertz CT molecular complexity index is 552. The van der Waals surface area contributed by atoms with Gasteiger partial charge in [-0.3, -0.25) is 10.1 Å². The fourth-order valence-electron chi connectivity index (χ4n) is 3.20. The fourth-order valence-corrected chi connectivity index (χ4v) is 3.20. The standard InChI is InChI=1S/C15H24N6O2/c1-4-5-6-21-11-12(19(3)15(23)17-13(11)22)16-14(21)20-9-7-18(2)8-10-20/h4-5,11-12H,6-10H2,1-3H3,(H,17,22,23)/b5-4+. The van der Waals surface area contributed by atoms with E-state index in [9.17, 15) is 9.59 Å². The van der Waals surface area contributed by atoms with Crippen molar-refractivity contribution in [3.05, 3.63) is 12.2 Å². The number of guanidine groups is 1. The summed E-state index contributed by atoms with van der Waals surface area (Å²) in [4.78, 5) is 37.0. The van der Waals surface area contributed by atoms with Gasteiger partial charge in [-0.2, -0.15) is 0 Å². The number of hydrogen-bond acceptors (Lipinski definition) is 6. The molecular weight excluding hydrogens is 296 g/mol. The van der Waals surface area contributed by atoms with Crippen molar-refractivity contribution in [1.29, 1.82) is 0 Å². The maximum absolute atomic E-state index is 12.4. The Morgan fingerprint density at radius 1 is 1.22 bits per heavy atom. The number of fused-ring (bicyclic) bond motifs is 1. The maximum Gasteiger partial charge on any atom is 0.325 e. The number of aliphatic imine (C=N–C) groups is 1. The highest BCUT2D eigenvalue weighted by atomic mass is 16.2. The van der Waals surface area contributed by atoms with E-state index < -0.39 is 12.2 Å². The summed E-state index contributed by atoms with van der Waals surface area (Å²) in [5.74, 6) is 0.554. The second-order valence-corrected chi connectivity index (χ2v) is 6.20. The minimum absolute atomic E-state index is 0.268. The third-order valence-corrected chi connectivity index (χ3v) is 4.66. The van der Waals surface area contributed by atoms with Crippen molar-refractivity contribution in [3.63, 3.8) is 0 Å². The zero-order valence-electron chi connectivity index (χ0n) is 13.9. The van der Waals surface area contributed by atoms with Gasteiger partial charge in [0, 0.05) is 39.8 Å². The normalized spacial score (nSPS) is 29.2. The van der Waals surface area contributed by atoms with Crippen molar-refractivity contribution in [3.8, 4) is 0 Å². The molecule has 3 amide bonds. The Balaban J connectivity index is 1.88. The summed E-state index contributed by atoms with van der Waals surface area (Å²) >= 11 is 0. The van der Waals surface area contributed by atoms with Crippen molar-refractivity contribution >= 4 is 17.9 Å². The van der Waals surface area contributed by atoms with E-state index >= 15 is 0 Å². The van der Waals surface area contributed by atoms with Gasteiger partial charge in [0.25, 0.3) is 5.91 Å². The number of rotatable bonds is 2. The highest BCUT2D eigenvalue weighted by Gasteiger charge is 2.49. The lowest BCUT2D eigenvalue weighted by atomic mass is 10.1. The number of piperazine rings is 1. The molecule has 8 nitrogen and oxygen atoms in total. The van der Waals surface area contributed by atoms with Crippen molar-refractivity contribution in [1.82, 2.24) is 24.9 Å². The summed E-state index contributed by atoms with van der Waals surface area (Å²) in [7, 11) is 3.79. The predicted molar refractivity (Wildman–Crippen MR) is 86.9 cm³/mol. The van der Waals surface area contributed by atoms with Crippen molar-refractivity contribution in [2.24, 2.45) is 4.99 Å². The van der Waals surface area contributed by atoms with Crippen LogP contribution < -0.4 is 5.32 Å². The molecule has 3 aliphatic heterocycles. The topological polar surface area (TPSA) is 71.5 Å². The van der Waals surface area contributed by atoms with Gasteiger partial charge in [-0.1, -0.05) is 12.2 Å². The molecule has 3 rings (SSSR count). The second-order valence-electron chi connectivity index (χ2n) is 6.20. The molecule has 8 heteroatoms. The number of nitrogens with one attached hydrogen (secondary N) is 1. The van der Waals surface area contributed by atoms with Crippen LogP contribution in [0.4, 0.5) is 4.79 Å². The first-order valence-corrected chi connectivity index (χ1v) is 7.99. The molecule has 2 saturated heterocycles. The first-order valence-electron chi connectivity index (χ1n) is 7.99. The number of allylic oxidation sites excluding steroid dienone is 1. The molecule has 0 aromatic carbocycles. The smallest absolute Gasteiger partial charge is 0.325 e. The van der Waals surface area contributed by atoms with Gasteiger partial charge in [-0.05, 0) is 14.0 Å². The van der Waals surface area contributed by atoms with Gasteiger partial charge in [0.2, 0.25) is 0 Å². The highest BCUT2D eigenvalue weighted by Crippen LogP contribution is 2.25. The molecule has 0 aromatic rings. The van der Waals surface area contributed by atoms with Crippen LogP contribution in [0.1, 0.15) is 6.92 Å². The van der Waals surface area contributed by atoms with Crippen LogP contribution in [0.25, 0.3) is 0 Å². The van der Waals surface area contributed by atoms with Gasteiger partial charge < -0.3 is 19.6 Å². The first-order chi connectivity index (χ1) is 11.0. The van der Waals surface area contributed by atoms with E-state index in [1.54, 1.807) is 7.05 Å². The average molecular weight is 320 g/mol. The van der Waals surface area contributed by atoms with E-state index in [1.807, 2.05) is 24.0 Å². The van der Waals surface area contributed by atoms with E-state index in [1.165, 1.54) is 4.90 Å². The number of likely N-dealkylation sites (N-methyl/N-ethyl adjacent to an activating group) is 2. The van der Waals surface area contributed by atoms with Crippen LogP contribution in [0.5, 0.6) is 0 Å². The third kappa shape index (κ3) is 2.78. The predicted octanol–water partition coefficient (Wildman–Crippen LogP) is -0.642. The summed E-state index contributed by atoms with van der Waals surface area (Å²) in [6.45, 7) is 6.25.